The van der Waals surface area contributed by atoms with Crippen LogP contribution in [0, 0.1) is 0 Å². The molecule has 34 heavy (non-hydrogen) atoms. The lowest BCUT2D eigenvalue weighted by molar-refractivity contribution is 0.673. The zero-order valence-corrected chi connectivity index (χ0v) is 18.5. The molecular weight excluding hydrogens is 414 g/mol. The Bertz CT molecular complexity index is 1760. The largest absolute Gasteiger partial charge is 0.453 e. The molecule has 0 saturated carbocycles. The Morgan fingerprint density at radius 3 is 1.76 bits per heavy atom. The summed E-state index contributed by atoms with van der Waals surface area (Å²) in [5, 5.41) is 7.06. The molecule has 7 aromatic rings. The van der Waals surface area contributed by atoms with Crippen LogP contribution in [0.5, 0.6) is 0 Å². The van der Waals surface area contributed by atoms with Gasteiger partial charge in [-0.3, -0.25) is 0 Å². The first-order valence-corrected chi connectivity index (χ1v) is 11.5. The van der Waals surface area contributed by atoms with Gasteiger partial charge in [-0.1, -0.05) is 91.0 Å². The Hall–Kier alpha value is -4.56. The molecule has 0 N–H and O–H groups in total. The quantitative estimate of drug-likeness (QED) is 0.257. The van der Waals surface area contributed by atoms with Crippen molar-refractivity contribution in [1.82, 2.24) is 0 Å². The highest BCUT2D eigenvalue weighted by atomic mass is 16.3. The normalized spacial score (nSPS) is 11.5. The predicted molar refractivity (Wildman–Crippen MR) is 143 cm³/mol. The lowest BCUT2D eigenvalue weighted by Gasteiger charge is -2.25. The number of fused-ring (bicyclic) bond motifs is 7. The van der Waals surface area contributed by atoms with Crippen LogP contribution in [0.2, 0.25) is 0 Å². The number of hydrogen-bond donors (Lipinski definition) is 0. The van der Waals surface area contributed by atoms with Crippen molar-refractivity contribution in [3.63, 3.8) is 0 Å². The minimum Gasteiger partial charge on any atom is -0.453 e. The minimum absolute atomic E-state index is 0.894. The van der Waals surface area contributed by atoms with Gasteiger partial charge in [0.05, 0.1) is 5.69 Å². The monoisotopic (exact) mass is 435 g/mol. The molecule has 0 unspecified atom stereocenters. The molecule has 0 radical (unpaired) electrons. The first kappa shape index (κ1) is 19.0. The van der Waals surface area contributed by atoms with Crippen molar-refractivity contribution in [2.45, 2.75) is 0 Å². The molecule has 0 fully saturated rings. The maximum Gasteiger partial charge on any atom is 0.159 e. The summed E-state index contributed by atoms with van der Waals surface area (Å²) in [7, 11) is 0. The zero-order valence-electron chi connectivity index (χ0n) is 18.5. The average Bonchev–Trinajstić information content (AvgIpc) is 3.30. The number of hydrogen-bond acceptors (Lipinski definition) is 2. The highest BCUT2D eigenvalue weighted by molar-refractivity contribution is 6.24. The van der Waals surface area contributed by atoms with E-state index in [1.165, 1.54) is 21.5 Å². The van der Waals surface area contributed by atoms with Gasteiger partial charge in [0.1, 0.15) is 5.58 Å². The Morgan fingerprint density at radius 1 is 0.412 bits per heavy atom. The molecule has 7 rings (SSSR count). The SMILES string of the molecule is c1ccc(N(c2ccccc2)c2cccc3c2oc2c3ccc3ccc4ccccc4c32)cc1. The summed E-state index contributed by atoms with van der Waals surface area (Å²) in [4.78, 5) is 2.27. The lowest BCUT2D eigenvalue weighted by Crippen LogP contribution is -2.09. The summed E-state index contributed by atoms with van der Waals surface area (Å²) >= 11 is 0. The molecule has 0 aliphatic heterocycles. The molecule has 0 amide bonds. The molecule has 1 aromatic heterocycles. The van der Waals surface area contributed by atoms with E-state index in [4.69, 9.17) is 4.42 Å². The fraction of sp³-hybridized carbons (Fsp3) is 0. The second kappa shape index (κ2) is 7.50. The van der Waals surface area contributed by atoms with Crippen molar-refractivity contribution in [1.29, 1.82) is 0 Å². The first-order valence-electron chi connectivity index (χ1n) is 11.5. The molecule has 2 heteroatoms. The smallest absolute Gasteiger partial charge is 0.159 e. The molecule has 0 aliphatic carbocycles. The summed E-state index contributed by atoms with van der Waals surface area (Å²) in [6, 6.07) is 44.7. The Morgan fingerprint density at radius 2 is 1.00 bits per heavy atom. The highest BCUT2D eigenvalue weighted by Crippen LogP contribution is 2.44. The third-order valence-corrected chi connectivity index (χ3v) is 6.62. The molecule has 0 spiro atoms. The van der Waals surface area contributed by atoms with E-state index in [0.717, 1.165) is 39.0 Å². The average molecular weight is 436 g/mol. The van der Waals surface area contributed by atoms with Crippen molar-refractivity contribution < 1.29 is 4.42 Å². The van der Waals surface area contributed by atoms with Crippen molar-refractivity contribution in [2.24, 2.45) is 0 Å². The minimum atomic E-state index is 0.894. The predicted octanol–water partition coefficient (Wildman–Crippen LogP) is 9.36. The molecule has 0 bridgehead atoms. The van der Waals surface area contributed by atoms with Crippen molar-refractivity contribution in [3.8, 4) is 0 Å². The molecule has 0 aliphatic rings. The standard InChI is InChI=1S/C32H21NO/c1-3-11-24(12-4-1)33(25-13-5-2-6-14-25)29-17-9-16-27-28-21-20-23-19-18-22-10-7-8-15-26(22)30(23)32(28)34-31(27)29/h1-21H. The van der Waals surface area contributed by atoms with Crippen molar-refractivity contribution >= 4 is 60.5 Å². The summed E-state index contributed by atoms with van der Waals surface area (Å²) in [6.45, 7) is 0. The third kappa shape index (κ3) is 2.82. The Balaban J connectivity index is 1.59. The van der Waals surface area contributed by atoms with Gasteiger partial charge >= 0.3 is 0 Å². The van der Waals surface area contributed by atoms with E-state index >= 15 is 0 Å². The lowest BCUT2D eigenvalue weighted by atomic mass is 9.99. The molecule has 1 heterocycles. The fourth-order valence-electron chi connectivity index (χ4n) is 5.09. The van der Waals surface area contributed by atoms with Gasteiger partial charge in [-0.2, -0.15) is 0 Å². The zero-order chi connectivity index (χ0) is 22.5. The van der Waals surface area contributed by atoms with E-state index in [0.29, 0.717) is 0 Å². The topological polar surface area (TPSA) is 16.4 Å². The number of rotatable bonds is 3. The van der Waals surface area contributed by atoms with Crippen LogP contribution in [0.1, 0.15) is 0 Å². The van der Waals surface area contributed by atoms with Gasteiger partial charge in [-0.15, -0.1) is 0 Å². The van der Waals surface area contributed by atoms with Gasteiger partial charge in [0, 0.05) is 27.5 Å². The second-order valence-electron chi connectivity index (χ2n) is 8.59. The van der Waals surface area contributed by atoms with Crippen molar-refractivity contribution in [3.05, 3.63) is 127 Å². The molecule has 0 atom stereocenters. The molecule has 2 nitrogen and oxygen atoms in total. The van der Waals surface area contributed by atoms with E-state index in [9.17, 15) is 0 Å². The van der Waals surface area contributed by atoms with E-state index < -0.39 is 0 Å². The molecule has 160 valence electrons. The van der Waals surface area contributed by atoms with E-state index in [1.807, 2.05) is 12.1 Å². The fourth-order valence-corrected chi connectivity index (χ4v) is 5.09. The number of anilines is 3. The Kier molecular flexibility index (Phi) is 4.18. The van der Waals surface area contributed by atoms with Gasteiger partial charge in [-0.05, 0) is 52.6 Å². The van der Waals surface area contributed by atoms with Gasteiger partial charge < -0.3 is 9.32 Å². The number of benzene rings is 6. The van der Waals surface area contributed by atoms with Crippen LogP contribution >= 0.6 is 0 Å². The molecule has 0 saturated heterocycles. The first-order chi connectivity index (χ1) is 16.9. The van der Waals surface area contributed by atoms with Crippen LogP contribution in [0.3, 0.4) is 0 Å². The van der Waals surface area contributed by atoms with E-state index in [1.54, 1.807) is 0 Å². The summed E-state index contributed by atoms with van der Waals surface area (Å²) < 4.78 is 6.79. The number of furan rings is 1. The summed E-state index contributed by atoms with van der Waals surface area (Å²) in [5.41, 5.74) is 5.05. The van der Waals surface area contributed by atoms with Crippen LogP contribution < -0.4 is 4.90 Å². The van der Waals surface area contributed by atoms with Gasteiger partial charge in [0.25, 0.3) is 0 Å². The van der Waals surface area contributed by atoms with E-state index in [2.05, 4.69) is 120 Å². The van der Waals surface area contributed by atoms with Gasteiger partial charge in [0.15, 0.2) is 5.58 Å². The number of nitrogens with zero attached hydrogens (tertiary/aromatic N) is 1. The maximum absolute atomic E-state index is 6.79. The molecule has 6 aromatic carbocycles. The van der Waals surface area contributed by atoms with Crippen LogP contribution in [-0.2, 0) is 0 Å². The maximum atomic E-state index is 6.79. The van der Waals surface area contributed by atoms with Gasteiger partial charge in [0.2, 0.25) is 0 Å². The molecular formula is C32H21NO. The number of para-hydroxylation sites is 3. The Labute approximate surface area is 197 Å². The van der Waals surface area contributed by atoms with Crippen LogP contribution in [0.25, 0.3) is 43.5 Å². The summed E-state index contributed by atoms with van der Waals surface area (Å²) in [5.74, 6) is 0. The van der Waals surface area contributed by atoms with Crippen LogP contribution in [-0.4, -0.2) is 0 Å². The van der Waals surface area contributed by atoms with Crippen molar-refractivity contribution in [2.75, 3.05) is 4.90 Å². The summed E-state index contributed by atoms with van der Waals surface area (Å²) in [6.07, 6.45) is 0. The highest BCUT2D eigenvalue weighted by Gasteiger charge is 2.20. The van der Waals surface area contributed by atoms with E-state index in [-0.39, 0.29) is 0 Å². The third-order valence-electron chi connectivity index (χ3n) is 6.62. The second-order valence-corrected chi connectivity index (χ2v) is 8.59. The van der Waals surface area contributed by atoms with Crippen LogP contribution in [0.15, 0.2) is 132 Å². The van der Waals surface area contributed by atoms with Gasteiger partial charge in [-0.25, -0.2) is 0 Å². The van der Waals surface area contributed by atoms with Crippen LogP contribution in [0.4, 0.5) is 17.1 Å².